The summed E-state index contributed by atoms with van der Waals surface area (Å²) in [6, 6.07) is 12.6. The molecule has 2 N–H and O–H groups in total. The molecular formula is C20H23N5OS. The fraction of sp³-hybridized carbons (Fsp3) is 0.300. The van der Waals surface area contributed by atoms with E-state index >= 15 is 0 Å². The number of rotatable bonds is 5. The first kappa shape index (κ1) is 17.7. The quantitative estimate of drug-likeness (QED) is 0.712. The molecule has 1 atom stereocenters. The molecule has 1 aliphatic rings. The number of pyridine rings is 1. The molecule has 0 radical (unpaired) electrons. The van der Waals surface area contributed by atoms with Crippen LogP contribution in [0.2, 0.25) is 0 Å². The molecule has 6 nitrogen and oxygen atoms in total. The first-order chi connectivity index (χ1) is 13.0. The van der Waals surface area contributed by atoms with Crippen molar-refractivity contribution in [1.29, 1.82) is 0 Å². The van der Waals surface area contributed by atoms with E-state index in [2.05, 4.69) is 44.4 Å². The number of hydrogen-bond donors (Lipinski definition) is 2. The van der Waals surface area contributed by atoms with Crippen molar-refractivity contribution in [2.75, 3.05) is 10.0 Å². The number of nitrogens with one attached hydrogen (secondary N) is 2. The minimum atomic E-state index is -1.38. The molecule has 0 bridgehead atoms. The largest absolute Gasteiger partial charge is 0.367 e. The molecule has 0 spiro atoms. The molecule has 1 unspecified atom stereocenters. The van der Waals surface area contributed by atoms with Gasteiger partial charge in [0.2, 0.25) is 0 Å². The summed E-state index contributed by atoms with van der Waals surface area (Å²) >= 11 is 0. The van der Waals surface area contributed by atoms with Crippen LogP contribution < -0.4 is 10.0 Å². The maximum Gasteiger partial charge on any atom is 0.151 e. The first-order valence-electron chi connectivity index (χ1n) is 8.99. The number of nitrogens with zero attached hydrogens (tertiary/aromatic N) is 3. The Balaban J connectivity index is 1.41. The average molecular weight is 382 g/mol. The van der Waals surface area contributed by atoms with E-state index in [0.29, 0.717) is 10.9 Å². The van der Waals surface area contributed by atoms with Gasteiger partial charge in [-0.2, -0.15) is 5.10 Å². The van der Waals surface area contributed by atoms with Crippen molar-refractivity contribution < 1.29 is 4.21 Å². The van der Waals surface area contributed by atoms with Crippen LogP contribution in [-0.4, -0.2) is 25.0 Å². The lowest BCUT2D eigenvalue weighted by Gasteiger charge is -2.13. The summed E-state index contributed by atoms with van der Waals surface area (Å²) in [5, 5.41) is 7.82. The van der Waals surface area contributed by atoms with Gasteiger partial charge >= 0.3 is 0 Å². The van der Waals surface area contributed by atoms with Gasteiger partial charge in [-0.05, 0) is 49.9 Å². The smallest absolute Gasteiger partial charge is 0.151 e. The van der Waals surface area contributed by atoms with Crippen LogP contribution in [0.1, 0.15) is 22.5 Å². The van der Waals surface area contributed by atoms with Crippen molar-refractivity contribution in [3.05, 3.63) is 65.1 Å². The number of aryl methyl sites for hydroxylation is 2. The van der Waals surface area contributed by atoms with E-state index in [-0.39, 0.29) is 0 Å². The molecule has 1 aliphatic carbocycles. The maximum absolute atomic E-state index is 12.6. The molecule has 0 saturated carbocycles. The second kappa shape index (κ2) is 7.15. The summed E-state index contributed by atoms with van der Waals surface area (Å²) < 4.78 is 17.5. The molecule has 0 amide bonds. The molecule has 0 saturated heterocycles. The van der Waals surface area contributed by atoms with Gasteiger partial charge in [0, 0.05) is 19.3 Å². The normalized spacial score (nSPS) is 14.8. The van der Waals surface area contributed by atoms with Crippen LogP contribution in [0.5, 0.6) is 0 Å². The summed E-state index contributed by atoms with van der Waals surface area (Å²) in [5.41, 5.74) is 5.39. The Kier molecular flexibility index (Phi) is 4.70. The van der Waals surface area contributed by atoms with Crippen LogP contribution in [0.4, 0.5) is 11.5 Å². The van der Waals surface area contributed by atoms with Crippen molar-refractivity contribution in [3.8, 4) is 0 Å². The standard InChI is InChI=1S/C20H23N5OS/c1-13-20(14(2)25(3)23-13)24-27(26)18-8-9-19(21-12-18)22-17-10-15-6-4-5-7-16(15)11-17/h4-9,12,17,24H,10-11H2,1-3H3,(H,21,22). The van der Waals surface area contributed by atoms with Crippen molar-refractivity contribution >= 4 is 22.5 Å². The van der Waals surface area contributed by atoms with Gasteiger partial charge in [-0.3, -0.25) is 9.40 Å². The van der Waals surface area contributed by atoms with Crippen LogP contribution in [0.15, 0.2) is 47.5 Å². The zero-order valence-electron chi connectivity index (χ0n) is 15.7. The van der Waals surface area contributed by atoms with E-state index in [1.165, 1.54) is 11.1 Å². The van der Waals surface area contributed by atoms with Crippen LogP contribution in [-0.2, 0) is 30.9 Å². The zero-order valence-corrected chi connectivity index (χ0v) is 16.5. The zero-order chi connectivity index (χ0) is 19.0. The summed E-state index contributed by atoms with van der Waals surface area (Å²) in [5.74, 6) is 0.808. The monoisotopic (exact) mass is 381 g/mol. The molecule has 2 heterocycles. The Hall–Kier alpha value is -2.67. The number of fused-ring (bicyclic) bond motifs is 1. The summed E-state index contributed by atoms with van der Waals surface area (Å²) in [4.78, 5) is 5.09. The number of anilines is 2. The lowest BCUT2D eigenvalue weighted by atomic mass is 10.1. The predicted molar refractivity (Wildman–Crippen MR) is 108 cm³/mol. The third kappa shape index (κ3) is 3.60. The summed E-state index contributed by atoms with van der Waals surface area (Å²) in [6.07, 6.45) is 3.67. The van der Waals surface area contributed by atoms with Gasteiger partial charge in [0.05, 0.1) is 22.0 Å². The van der Waals surface area contributed by atoms with Crippen molar-refractivity contribution in [3.63, 3.8) is 0 Å². The van der Waals surface area contributed by atoms with Gasteiger partial charge in [0.15, 0.2) is 11.0 Å². The Morgan fingerprint density at radius 3 is 2.37 bits per heavy atom. The third-order valence-corrected chi connectivity index (χ3v) is 6.12. The van der Waals surface area contributed by atoms with E-state index in [4.69, 9.17) is 0 Å². The fourth-order valence-electron chi connectivity index (χ4n) is 3.52. The fourth-order valence-corrected chi connectivity index (χ4v) is 4.46. The van der Waals surface area contributed by atoms with Gasteiger partial charge < -0.3 is 5.32 Å². The minimum Gasteiger partial charge on any atom is -0.367 e. The van der Waals surface area contributed by atoms with Crippen LogP contribution in [0.25, 0.3) is 0 Å². The van der Waals surface area contributed by atoms with E-state index in [1.54, 1.807) is 10.9 Å². The van der Waals surface area contributed by atoms with E-state index < -0.39 is 11.0 Å². The van der Waals surface area contributed by atoms with Crippen molar-refractivity contribution in [1.82, 2.24) is 14.8 Å². The van der Waals surface area contributed by atoms with E-state index in [1.807, 2.05) is 33.0 Å². The van der Waals surface area contributed by atoms with Gasteiger partial charge in [-0.25, -0.2) is 9.19 Å². The number of hydrogen-bond acceptors (Lipinski definition) is 4. The number of aromatic nitrogens is 3. The lowest BCUT2D eigenvalue weighted by molar-refractivity contribution is 0.686. The van der Waals surface area contributed by atoms with Crippen LogP contribution in [0.3, 0.4) is 0 Å². The highest BCUT2D eigenvalue weighted by molar-refractivity contribution is 7.86. The Labute approximate surface area is 161 Å². The summed E-state index contributed by atoms with van der Waals surface area (Å²) in [7, 11) is 0.495. The number of benzene rings is 1. The Bertz CT molecular complexity index is 971. The topological polar surface area (TPSA) is 71.8 Å². The second-order valence-electron chi connectivity index (χ2n) is 6.94. The molecule has 2 aromatic heterocycles. The Morgan fingerprint density at radius 2 is 1.81 bits per heavy atom. The molecule has 4 rings (SSSR count). The highest BCUT2D eigenvalue weighted by Crippen LogP contribution is 2.24. The lowest BCUT2D eigenvalue weighted by Crippen LogP contribution is -2.20. The van der Waals surface area contributed by atoms with Crippen LogP contribution >= 0.6 is 0 Å². The highest BCUT2D eigenvalue weighted by Gasteiger charge is 2.21. The van der Waals surface area contributed by atoms with Gasteiger partial charge in [-0.15, -0.1) is 0 Å². The minimum absolute atomic E-state index is 0.352. The molecule has 0 aliphatic heterocycles. The first-order valence-corrected chi connectivity index (χ1v) is 10.1. The third-order valence-electron chi connectivity index (χ3n) is 5.06. The predicted octanol–water partition coefficient (Wildman–Crippen LogP) is 3.15. The van der Waals surface area contributed by atoms with Crippen molar-refractivity contribution in [2.24, 2.45) is 7.05 Å². The average Bonchev–Trinajstić information content (AvgIpc) is 3.17. The highest BCUT2D eigenvalue weighted by atomic mass is 32.2. The van der Waals surface area contributed by atoms with Gasteiger partial charge in [0.1, 0.15) is 5.82 Å². The molecule has 7 heteroatoms. The second-order valence-corrected chi connectivity index (χ2v) is 8.15. The van der Waals surface area contributed by atoms with Gasteiger partial charge in [-0.1, -0.05) is 24.3 Å². The molecular weight excluding hydrogens is 358 g/mol. The Morgan fingerprint density at radius 1 is 1.11 bits per heavy atom. The summed E-state index contributed by atoms with van der Waals surface area (Å²) in [6.45, 7) is 3.85. The molecule has 0 fully saturated rings. The molecule has 1 aromatic carbocycles. The van der Waals surface area contributed by atoms with Crippen molar-refractivity contribution in [2.45, 2.75) is 37.6 Å². The van der Waals surface area contributed by atoms with Crippen LogP contribution in [0, 0.1) is 13.8 Å². The molecule has 27 heavy (non-hydrogen) atoms. The maximum atomic E-state index is 12.6. The SMILES string of the molecule is Cc1nn(C)c(C)c1NS(=O)c1ccc(NC2Cc3ccccc3C2)nc1. The van der Waals surface area contributed by atoms with E-state index in [9.17, 15) is 4.21 Å². The molecule has 3 aromatic rings. The van der Waals surface area contributed by atoms with Gasteiger partial charge in [0.25, 0.3) is 0 Å². The van der Waals surface area contributed by atoms with E-state index in [0.717, 1.165) is 35.7 Å². The molecule has 140 valence electrons.